The van der Waals surface area contributed by atoms with Crippen LogP contribution in [0.2, 0.25) is 0 Å². The van der Waals surface area contributed by atoms with Crippen molar-refractivity contribution in [2.24, 2.45) is 5.92 Å². The first-order chi connectivity index (χ1) is 15.0. The molecule has 0 saturated heterocycles. The third-order valence-electron chi connectivity index (χ3n) is 6.65. The van der Waals surface area contributed by atoms with Gasteiger partial charge in [-0.3, -0.25) is 0 Å². The Labute approximate surface area is 182 Å². The molecule has 0 aliphatic heterocycles. The van der Waals surface area contributed by atoms with E-state index in [1.165, 1.54) is 18.4 Å². The zero-order valence-electron chi connectivity index (χ0n) is 18.2. The predicted octanol–water partition coefficient (Wildman–Crippen LogP) is 8.73. The average molecular weight is 423 g/mol. The maximum absolute atomic E-state index is 15.3. The van der Waals surface area contributed by atoms with Gasteiger partial charge in [-0.2, -0.15) is 0 Å². The maximum atomic E-state index is 15.3. The van der Waals surface area contributed by atoms with Gasteiger partial charge in [0, 0.05) is 5.56 Å². The minimum Gasteiger partial charge on any atom is -0.206 e. The van der Waals surface area contributed by atoms with Crippen LogP contribution in [-0.4, -0.2) is 0 Å². The molecule has 3 aromatic carbocycles. The highest BCUT2D eigenvalue weighted by molar-refractivity contribution is 5.89. The van der Waals surface area contributed by atoms with Gasteiger partial charge in [-0.15, -0.1) is 0 Å². The van der Waals surface area contributed by atoms with Crippen molar-refractivity contribution < 1.29 is 13.2 Å². The summed E-state index contributed by atoms with van der Waals surface area (Å²) in [6.07, 6.45) is 10.3. The van der Waals surface area contributed by atoms with Gasteiger partial charge >= 0.3 is 0 Å². The van der Waals surface area contributed by atoms with Crippen LogP contribution in [0.1, 0.15) is 63.0 Å². The second-order valence-corrected chi connectivity index (χ2v) is 8.70. The van der Waals surface area contributed by atoms with Gasteiger partial charge in [-0.25, -0.2) is 13.2 Å². The van der Waals surface area contributed by atoms with Crippen LogP contribution in [0.25, 0.3) is 21.9 Å². The maximum Gasteiger partial charge on any atom is 0.169 e. The molecule has 0 N–H and O–H groups in total. The van der Waals surface area contributed by atoms with Crippen LogP contribution in [0.4, 0.5) is 13.2 Å². The van der Waals surface area contributed by atoms with Crippen molar-refractivity contribution in [2.75, 3.05) is 0 Å². The monoisotopic (exact) mass is 422 g/mol. The Kier molecular flexibility index (Phi) is 6.50. The molecule has 0 bridgehead atoms. The molecule has 3 aromatic rings. The second kappa shape index (κ2) is 9.30. The summed E-state index contributed by atoms with van der Waals surface area (Å²) in [4.78, 5) is 0. The Morgan fingerprint density at radius 2 is 1.58 bits per heavy atom. The molecule has 0 heterocycles. The van der Waals surface area contributed by atoms with Gasteiger partial charge in [0.15, 0.2) is 11.6 Å². The Morgan fingerprint density at radius 3 is 2.23 bits per heavy atom. The molecule has 1 aliphatic carbocycles. The predicted molar refractivity (Wildman–Crippen MR) is 123 cm³/mol. The van der Waals surface area contributed by atoms with Gasteiger partial charge in [0.2, 0.25) is 0 Å². The Balaban J connectivity index is 1.62. The highest BCUT2D eigenvalue weighted by Gasteiger charge is 2.22. The van der Waals surface area contributed by atoms with E-state index in [1.54, 1.807) is 18.2 Å². The van der Waals surface area contributed by atoms with E-state index < -0.39 is 17.5 Å². The smallest absolute Gasteiger partial charge is 0.169 e. The lowest BCUT2D eigenvalue weighted by molar-refractivity contribution is 0.376. The molecule has 1 fully saturated rings. The highest BCUT2D eigenvalue weighted by atomic mass is 19.2. The molecular weight excluding hydrogens is 393 g/mol. The van der Waals surface area contributed by atoms with Crippen molar-refractivity contribution >= 4 is 10.8 Å². The fourth-order valence-corrected chi connectivity index (χ4v) is 4.96. The molecule has 0 amide bonds. The van der Waals surface area contributed by atoms with Crippen LogP contribution >= 0.6 is 0 Å². The number of rotatable bonds is 5. The first-order valence-corrected chi connectivity index (χ1v) is 11.4. The summed E-state index contributed by atoms with van der Waals surface area (Å²) in [6.45, 7) is 3.98. The summed E-state index contributed by atoms with van der Waals surface area (Å²) in [5.74, 6) is -1.51. The van der Waals surface area contributed by atoms with Gasteiger partial charge < -0.3 is 0 Å². The molecule has 0 radical (unpaired) electrons. The Bertz CT molecular complexity index is 1090. The van der Waals surface area contributed by atoms with E-state index in [-0.39, 0.29) is 5.39 Å². The fourth-order valence-electron chi connectivity index (χ4n) is 4.96. The number of halogens is 3. The highest BCUT2D eigenvalue weighted by Crippen LogP contribution is 2.38. The van der Waals surface area contributed by atoms with E-state index in [9.17, 15) is 8.78 Å². The van der Waals surface area contributed by atoms with Crippen molar-refractivity contribution in [2.45, 2.75) is 58.3 Å². The van der Waals surface area contributed by atoms with Crippen molar-refractivity contribution in [1.29, 1.82) is 0 Å². The van der Waals surface area contributed by atoms with Crippen molar-refractivity contribution in [3.8, 4) is 11.1 Å². The lowest BCUT2D eigenvalue weighted by Crippen LogP contribution is -2.11. The topological polar surface area (TPSA) is 0 Å². The average Bonchev–Trinajstić information content (AvgIpc) is 2.78. The lowest BCUT2D eigenvalue weighted by Gasteiger charge is -2.27. The molecule has 4 rings (SSSR count). The number of fused-ring (bicyclic) bond motifs is 1. The number of aryl methyl sites for hydroxylation is 1. The quantitative estimate of drug-likeness (QED) is 0.361. The summed E-state index contributed by atoms with van der Waals surface area (Å²) in [6, 6.07) is 12.8. The summed E-state index contributed by atoms with van der Waals surface area (Å²) in [7, 11) is 0. The molecular formula is C28H29F3. The van der Waals surface area contributed by atoms with Crippen molar-refractivity contribution in [3.05, 3.63) is 83.2 Å². The summed E-state index contributed by atoms with van der Waals surface area (Å²) in [5, 5.41) is 0.138. The largest absolute Gasteiger partial charge is 0.206 e. The number of hydrogen-bond acceptors (Lipinski definition) is 0. The second-order valence-electron chi connectivity index (χ2n) is 8.70. The third kappa shape index (κ3) is 4.28. The van der Waals surface area contributed by atoms with Gasteiger partial charge in [0.25, 0.3) is 0 Å². The summed E-state index contributed by atoms with van der Waals surface area (Å²) < 4.78 is 44.4. The summed E-state index contributed by atoms with van der Waals surface area (Å²) in [5.41, 5.74) is 2.55. The van der Waals surface area contributed by atoms with Crippen LogP contribution in [0.5, 0.6) is 0 Å². The van der Waals surface area contributed by atoms with E-state index in [0.29, 0.717) is 46.8 Å². The van der Waals surface area contributed by atoms with Crippen LogP contribution in [-0.2, 0) is 6.42 Å². The van der Waals surface area contributed by atoms with Gasteiger partial charge in [0.05, 0.1) is 5.39 Å². The van der Waals surface area contributed by atoms with E-state index in [1.807, 2.05) is 19.1 Å². The fraction of sp³-hybridized carbons (Fsp3) is 0.357. The molecule has 1 aliphatic rings. The zero-order valence-corrected chi connectivity index (χ0v) is 18.2. The van der Waals surface area contributed by atoms with Gasteiger partial charge in [-0.1, -0.05) is 61.9 Å². The van der Waals surface area contributed by atoms with E-state index in [2.05, 4.69) is 31.2 Å². The number of allylic oxidation sites excluding steroid dienone is 2. The van der Waals surface area contributed by atoms with Crippen LogP contribution in [0.3, 0.4) is 0 Å². The molecule has 0 spiro atoms. The molecule has 3 heteroatoms. The Morgan fingerprint density at radius 1 is 0.871 bits per heavy atom. The van der Waals surface area contributed by atoms with Crippen LogP contribution < -0.4 is 0 Å². The molecule has 0 aromatic heterocycles. The van der Waals surface area contributed by atoms with Crippen molar-refractivity contribution in [3.63, 3.8) is 0 Å². The molecule has 1 saturated carbocycles. The van der Waals surface area contributed by atoms with Gasteiger partial charge in [0.1, 0.15) is 5.82 Å². The first kappa shape index (κ1) is 21.7. The van der Waals surface area contributed by atoms with Gasteiger partial charge in [-0.05, 0) is 79.0 Å². The van der Waals surface area contributed by atoms with E-state index >= 15 is 4.39 Å². The number of hydrogen-bond donors (Lipinski definition) is 0. The first-order valence-electron chi connectivity index (χ1n) is 11.4. The molecule has 0 nitrogen and oxygen atoms in total. The SMILES string of the molecule is C/C=C/C1CCC(c2ccc(-c3ccc4cc(CCC)c(F)c(F)c4c3F)cc2)CC1. The molecule has 0 atom stereocenters. The molecule has 0 unspecified atom stereocenters. The molecule has 162 valence electrons. The zero-order chi connectivity index (χ0) is 22.0. The third-order valence-corrected chi connectivity index (χ3v) is 6.65. The minimum atomic E-state index is -1.09. The Hall–Kier alpha value is -2.55. The minimum absolute atomic E-state index is 0.263. The van der Waals surface area contributed by atoms with Crippen LogP contribution in [0.15, 0.2) is 54.6 Å². The normalized spacial score (nSPS) is 19.4. The van der Waals surface area contributed by atoms with E-state index in [0.717, 1.165) is 12.8 Å². The standard InChI is InChI=1S/C28H29F3/c1-3-5-18-7-9-19(10-8-18)20-11-13-21(14-12-20)24-16-15-22-17-23(6-4-2)26(29)28(31)25(22)27(24)30/h3,5,11-19H,4,6-10H2,1-2H3/b5-3+. The van der Waals surface area contributed by atoms with Crippen LogP contribution in [0, 0.1) is 23.4 Å². The lowest BCUT2D eigenvalue weighted by atomic mass is 9.78. The number of benzene rings is 3. The van der Waals surface area contributed by atoms with Crippen molar-refractivity contribution in [1.82, 2.24) is 0 Å². The summed E-state index contributed by atoms with van der Waals surface area (Å²) >= 11 is 0. The van der Waals surface area contributed by atoms with E-state index in [4.69, 9.17) is 0 Å². The molecule has 31 heavy (non-hydrogen) atoms.